The number of imidazole rings is 2. The van der Waals surface area contributed by atoms with Gasteiger partial charge < -0.3 is 24.7 Å². The second kappa shape index (κ2) is 9.54. The van der Waals surface area contributed by atoms with Crippen LogP contribution in [0.25, 0.3) is 33.5 Å². The number of nitrogens with zero attached hydrogens (tertiary/aromatic N) is 6. The van der Waals surface area contributed by atoms with Crippen molar-refractivity contribution in [3.8, 4) is 11.3 Å². The molecule has 2 aliphatic rings. The minimum absolute atomic E-state index is 0. The molecule has 0 amide bonds. The summed E-state index contributed by atoms with van der Waals surface area (Å²) in [5.41, 5.74) is 4.97. The molecular weight excluding hydrogens is 442 g/mol. The van der Waals surface area contributed by atoms with E-state index in [1.807, 2.05) is 6.33 Å². The number of aromatic nitrogens is 6. The lowest BCUT2D eigenvalue weighted by Crippen LogP contribution is -2.44. The first-order chi connectivity index (χ1) is 16.7. The molecule has 1 aliphatic heterocycles. The zero-order valence-electron chi connectivity index (χ0n) is 19.3. The number of aliphatic hydroxyl groups excluding tert-OH is 2. The van der Waals surface area contributed by atoms with E-state index in [1.165, 1.54) is 37.6 Å². The maximum atomic E-state index is 9.74. The Labute approximate surface area is 205 Å². The number of fused-ring (bicyclic) bond motifs is 2. The fourth-order valence-corrected chi connectivity index (χ4v) is 5.55. The van der Waals surface area contributed by atoms with Crippen LogP contribution in [0.2, 0.25) is 0 Å². The molecule has 0 spiro atoms. The van der Waals surface area contributed by atoms with Gasteiger partial charge in [-0.25, -0.2) is 15.0 Å². The van der Waals surface area contributed by atoms with Crippen LogP contribution in [-0.4, -0.2) is 66.0 Å². The summed E-state index contributed by atoms with van der Waals surface area (Å²) < 4.78 is 2.35. The molecule has 0 bridgehead atoms. The van der Waals surface area contributed by atoms with Gasteiger partial charge in [-0.05, 0) is 37.8 Å². The summed E-state index contributed by atoms with van der Waals surface area (Å²) in [5, 5.41) is 19.5. The van der Waals surface area contributed by atoms with Crippen molar-refractivity contribution >= 4 is 28.1 Å². The van der Waals surface area contributed by atoms with Crippen molar-refractivity contribution in [1.29, 1.82) is 0 Å². The van der Waals surface area contributed by atoms with Crippen molar-refractivity contribution in [2.24, 2.45) is 5.41 Å². The molecule has 9 heteroatoms. The molecule has 4 aromatic rings. The van der Waals surface area contributed by atoms with Gasteiger partial charge in [-0.3, -0.25) is 0 Å². The smallest absolute Gasteiger partial charge is 0.228 e. The van der Waals surface area contributed by atoms with E-state index in [1.54, 1.807) is 6.33 Å². The zero-order chi connectivity index (χ0) is 23.1. The topological polar surface area (TPSA) is 116 Å². The number of hydrogen-bond acceptors (Lipinski definition) is 7. The maximum Gasteiger partial charge on any atom is 0.228 e. The number of H-pyrrole nitrogens is 1. The van der Waals surface area contributed by atoms with Gasteiger partial charge in [0.25, 0.3) is 0 Å². The summed E-state index contributed by atoms with van der Waals surface area (Å²) in [4.78, 5) is 24.1. The van der Waals surface area contributed by atoms with Crippen LogP contribution in [-0.2, 0) is 0 Å². The molecule has 35 heavy (non-hydrogen) atoms. The Morgan fingerprint density at radius 2 is 1.77 bits per heavy atom. The fraction of sp³-hybridized carbons (Fsp3) is 0.538. The number of anilines is 1. The number of aromatic amines is 1. The van der Waals surface area contributed by atoms with Gasteiger partial charge in [0.15, 0.2) is 5.65 Å². The molecule has 1 aliphatic carbocycles. The molecule has 9 nitrogen and oxygen atoms in total. The molecule has 1 saturated carbocycles. The fourth-order valence-electron chi connectivity index (χ4n) is 5.55. The Balaban J connectivity index is 0.00000253. The highest BCUT2D eigenvalue weighted by Crippen LogP contribution is 2.35. The van der Waals surface area contributed by atoms with Crippen LogP contribution in [0.5, 0.6) is 0 Å². The lowest BCUT2D eigenvalue weighted by atomic mass is 9.80. The van der Waals surface area contributed by atoms with E-state index in [-0.39, 0.29) is 20.6 Å². The highest BCUT2D eigenvalue weighted by Gasteiger charge is 2.34. The Morgan fingerprint density at radius 1 is 1.00 bits per heavy atom. The molecule has 3 aromatic heterocycles. The van der Waals surface area contributed by atoms with Crippen LogP contribution in [0, 0.1) is 5.41 Å². The molecule has 2 fully saturated rings. The lowest BCUT2D eigenvalue weighted by Gasteiger charge is -2.39. The predicted molar refractivity (Wildman–Crippen MR) is 137 cm³/mol. The van der Waals surface area contributed by atoms with E-state index in [9.17, 15) is 10.2 Å². The number of rotatable bonds is 5. The Morgan fingerprint density at radius 3 is 2.51 bits per heavy atom. The SMILES string of the molecule is C.OCC1(CO)CCN(c2nc(-c3ccc4c(c3)ncn4C3CCCCC3)c3[nH]cnc3n2)CC1. The van der Waals surface area contributed by atoms with Gasteiger partial charge in [0.2, 0.25) is 5.95 Å². The monoisotopic (exact) mass is 477 g/mol. The summed E-state index contributed by atoms with van der Waals surface area (Å²) in [5.74, 6) is 0.631. The van der Waals surface area contributed by atoms with Crippen LogP contribution < -0.4 is 4.90 Å². The Bertz CT molecular complexity index is 1290. The van der Waals surface area contributed by atoms with Gasteiger partial charge in [0.1, 0.15) is 11.2 Å². The van der Waals surface area contributed by atoms with Gasteiger partial charge in [0, 0.05) is 30.1 Å². The van der Waals surface area contributed by atoms with Crippen molar-refractivity contribution < 1.29 is 10.2 Å². The number of benzene rings is 1. The normalized spacial score (nSPS) is 18.7. The standard InChI is InChI=1S/C25H31N7O2.CH4/c33-13-25(14-34)8-10-31(11-9-25)24-29-21(22-23(30-24)27-15-26-22)17-6-7-20-19(12-17)28-16-32(20)18-4-2-1-3-5-18;/h6-7,12,15-16,18,33-34H,1-5,8-11,13-14H2,(H,26,27,29,30);1H4. The second-order valence-electron chi connectivity index (χ2n) is 9.92. The van der Waals surface area contributed by atoms with Crippen molar-refractivity contribution in [2.75, 3.05) is 31.2 Å². The van der Waals surface area contributed by atoms with Crippen molar-refractivity contribution in [2.45, 2.75) is 58.4 Å². The van der Waals surface area contributed by atoms with Crippen molar-refractivity contribution in [3.05, 3.63) is 30.9 Å². The van der Waals surface area contributed by atoms with Crippen molar-refractivity contribution in [3.63, 3.8) is 0 Å². The average molecular weight is 478 g/mol. The van der Waals surface area contributed by atoms with Gasteiger partial charge in [-0.15, -0.1) is 0 Å². The maximum absolute atomic E-state index is 9.74. The molecule has 0 unspecified atom stereocenters. The summed E-state index contributed by atoms with van der Waals surface area (Å²) in [7, 11) is 0. The highest BCUT2D eigenvalue weighted by molar-refractivity contribution is 5.91. The van der Waals surface area contributed by atoms with Gasteiger partial charge in [-0.2, -0.15) is 4.98 Å². The van der Waals surface area contributed by atoms with Gasteiger partial charge >= 0.3 is 0 Å². The third-order valence-electron chi connectivity index (χ3n) is 7.87. The second-order valence-corrected chi connectivity index (χ2v) is 9.92. The molecule has 6 rings (SSSR count). The summed E-state index contributed by atoms with van der Waals surface area (Å²) in [6, 6.07) is 6.93. The summed E-state index contributed by atoms with van der Waals surface area (Å²) >= 11 is 0. The first-order valence-electron chi connectivity index (χ1n) is 12.3. The lowest BCUT2D eigenvalue weighted by molar-refractivity contribution is 0.0338. The number of nitrogens with one attached hydrogen (secondary N) is 1. The molecule has 4 heterocycles. The Kier molecular flexibility index (Phi) is 6.46. The number of piperidine rings is 1. The van der Waals surface area contributed by atoms with Crippen LogP contribution in [0.4, 0.5) is 5.95 Å². The first kappa shape index (κ1) is 23.7. The number of hydrogen-bond donors (Lipinski definition) is 3. The number of aliphatic hydroxyl groups is 2. The van der Waals surface area contributed by atoms with Crippen LogP contribution in [0.3, 0.4) is 0 Å². The summed E-state index contributed by atoms with van der Waals surface area (Å²) in [6.07, 6.45) is 11.4. The quantitative estimate of drug-likeness (QED) is 0.397. The van der Waals surface area contributed by atoms with Gasteiger partial charge in [0.05, 0.1) is 36.9 Å². The minimum Gasteiger partial charge on any atom is -0.396 e. The third kappa shape index (κ3) is 4.16. The molecule has 0 atom stereocenters. The minimum atomic E-state index is -0.419. The first-order valence-corrected chi connectivity index (χ1v) is 12.3. The van der Waals surface area contributed by atoms with Crippen molar-refractivity contribution in [1.82, 2.24) is 29.5 Å². The average Bonchev–Trinajstić information content (AvgIpc) is 3.55. The van der Waals surface area contributed by atoms with Crippen LogP contribution >= 0.6 is 0 Å². The van der Waals surface area contributed by atoms with E-state index >= 15 is 0 Å². The molecule has 186 valence electrons. The largest absolute Gasteiger partial charge is 0.396 e. The molecule has 0 radical (unpaired) electrons. The predicted octanol–water partition coefficient (Wildman–Crippen LogP) is 4.08. The van der Waals surface area contributed by atoms with Crippen LogP contribution in [0.1, 0.15) is 58.4 Å². The van der Waals surface area contributed by atoms with E-state index in [2.05, 4.69) is 37.6 Å². The van der Waals surface area contributed by atoms with Gasteiger partial charge in [-0.1, -0.05) is 32.8 Å². The molecule has 3 N–H and O–H groups in total. The van der Waals surface area contributed by atoms with E-state index in [0.29, 0.717) is 43.6 Å². The van der Waals surface area contributed by atoms with E-state index in [0.717, 1.165) is 22.3 Å². The molecular formula is C26H35N7O2. The molecule has 1 aromatic carbocycles. The highest BCUT2D eigenvalue weighted by atomic mass is 16.3. The third-order valence-corrected chi connectivity index (χ3v) is 7.87. The van der Waals surface area contributed by atoms with Crippen LogP contribution in [0.15, 0.2) is 30.9 Å². The Hall–Kier alpha value is -3.04. The summed E-state index contributed by atoms with van der Waals surface area (Å²) in [6.45, 7) is 1.35. The van der Waals surface area contributed by atoms with E-state index < -0.39 is 5.41 Å². The molecule has 1 saturated heterocycles. The van der Waals surface area contributed by atoms with E-state index in [4.69, 9.17) is 15.0 Å². The zero-order valence-corrected chi connectivity index (χ0v) is 19.3.